The summed E-state index contributed by atoms with van der Waals surface area (Å²) < 4.78 is 0.896. The second kappa shape index (κ2) is 5.65. The summed E-state index contributed by atoms with van der Waals surface area (Å²) in [5.74, 6) is 0.192. The Bertz CT molecular complexity index is 326. The molecule has 0 saturated heterocycles. The Balaban J connectivity index is 2.65. The zero-order chi connectivity index (χ0) is 10.4. The van der Waals surface area contributed by atoms with Crippen LogP contribution in [0.2, 0.25) is 0 Å². The lowest BCUT2D eigenvalue weighted by Gasteiger charge is -1.99. The monoisotopic (exact) mass is 257 g/mol. The summed E-state index contributed by atoms with van der Waals surface area (Å²) in [6, 6.07) is 5.14. The normalized spacial score (nSPS) is 10.7. The quantitative estimate of drug-likeness (QED) is 0.512. The second-order valence-corrected chi connectivity index (χ2v) is 3.69. The zero-order valence-corrected chi connectivity index (χ0v) is 9.49. The SMILES string of the molecule is CCCON=Cc1cc(Br)ccc1O. The Labute approximate surface area is 91.5 Å². The summed E-state index contributed by atoms with van der Waals surface area (Å²) in [6.45, 7) is 2.59. The average molecular weight is 258 g/mol. The standard InChI is InChI=1S/C10H12BrNO2/c1-2-5-14-12-7-8-6-9(11)3-4-10(8)13/h3-4,6-7,13H,2,5H2,1H3. The van der Waals surface area contributed by atoms with Crippen LogP contribution in [-0.4, -0.2) is 17.9 Å². The molecule has 0 aliphatic carbocycles. The minimum absolute atomic E-state index is 0.192. The number of rotatable bonds is 4. The number of benzene rings is 1. The molecule has 3 nitrogen and oxygen atoms in total. The van der Waals surface area contributed by atoms with Gasteiger partial charge >= 0.3 is 0 Å². The van der Waals surface area contributed by atoms with E-state index in [1.807, 2.05) is 6.92 Å². The summed E-state index contributed by atoms with van der Waals surface area (Å²) in [7, 11) is 0. The van der Waals surface area contributed by atoms with Gasteiger partial charge in [-0.05, 0) is 24.6 Å². The molecule has 4 heteroatoms. The van der Waals surface area contributed by atoms with Crippen molar-refractivity contribution >= 4 is 22.1 Å². The molecule has 0 bridgehead atoms. The molecule has 0 fully saturated rings. The predicted molar refractivity (Wildman–Crippen MR) is 59.6 cm³/mol. The van der Waals surface area contributed by atoms with Crippen molar-refractivity contribution in [2.45, 2.75) is 13.3 Å². The van der Waals surface area contributed by atoms with Gasteiger partial charge in [0.15, 0.2) is 0 Å². The number of hydrogen-bond donors (Lipinski definition) is 1. The van der Waals surface area contributed by atoms with Gasteiger partial charge in [0.05, 0.1) is 6.21 Å². The van der Waals surface area contributed by atoms with Gasteiger partial charge in [-0.1, -0.05) is 28.0 Å². The fourth-order valence-corrected chi connectivity index (χ4v) is 1.25. The van der Waals surface area contributed by atoms with Gasteiger partial charge in [-0.2, -0.15) is 0 Å². The lowest BCUT2D eigenvalue weighted by atomic mass is 10.2. The number of hydrogen-bond acceptors (Lipinski definition) is 3. The first-order chi connectivity index (χ1) is 6.74. The first-order valence-corrected chi connectivity index (χ1v) is 5.17. The van der Waals surface area contributed by atoms with Crippen molar-refractivity contribution in [1.82, 2.24) is 0 Å². The first kappa shape index (κ1) is 11.0. The number of phenols is 1. The minimum atomic E-state index is 0.192. The van der Waals surface area contributed by atoms with E-state index in [1.54, 1.807) is 18.2 Å². The maximum Gasteiger partial charge on any atom is 0.124 e. The topological polar surface area (TPSA) is 41.8 Å². The maximum absolute atomic E-state index is 9.42. The van der Waals surface area contributed by atoms with E-state index in [4.69, 9.17) is 4.84 Å². The van der Waals surface area contributed by atoms with E-state index in [-0.39, 0.29) is 5.75 Å². The Kier molecular flexibility index (Phi) is 4.46. The van der Waals surface area contributed by atoms with Gasteiger partial charge in [0.25, 0.3) is 0 Å². The van der Waals surface area contributed by atoms with Crippen LogP contribution >= 0.6 is 15.9 Å². The molecule has 0 saturated carbocycles. The highest BCUT2D eigenvalue weighted by atomic mass is 79.9. The molecule has 1 aromatic carbocycles. The number of halogens is 1. The number of oxime groups is 1. The van der Waals surface area contributed by atoms with Gasteiger partial charge in [-0.15, -0.1) is 0 Å². The van der Waals surface area contributed by atoms with Crippen LogP contribution in [-0.2, 0) is 4.84 Å². The number of aromatic hydroxyl groups is 1. The summed E-state index contributed by atoms with van der Waals surface area (Å²) in [5, 5.41) is 13.2. The molecule has 0 atom stereocenters. The lowest BCUT2D eigenvalue weighted by molar-refractivity contribution is 0.146. The van der Waals surface area contributed by atoms with Gasteiger partial charge in [0, 0.05) is 10.0 Å². The third kappa shape index (κ3) is 3.38. The van der Waals surface area contributed by atoms with Crippen LogP contribution in [0.4, 0.5) is 0 Å². The third-order valence-corrected chi connectivity index (χ3v) is 2.04. The molecule has 0 aliphatic rings. The van der Waals surface area contributed by atoms with Crippen molar-refractivity contribution in [2.75, 3.05) is 6.61 Å². The fourth-order valence-electron chi connectivity index (χ4n) is 0.867. The van der Waals surface area contributed by atoms with Crippen molar-refractivity contribution in [1.29, 1.82) is 0 Å². The minimum Gasteiger partial charge on any atom is -0.507 e. The van der Waals surface area contributed by atoms with Crippen molar-refractivity contribution < 1.29 is 9.94 Å². The van der Waals surface area contributed by atoms with Gasteiger partial charge in [-0.3, -0.25) is 0 Å². The van der Waals surface area contributed by atoms with Crippen molar-refractivity contribution in [2.24, 2.45) is 5.16 Å². The molecule has 0 heterocycles. The Morgan fingerprint density at radius 1 is 1.57 bits per heavy atom. The van der Waals surface area contributed by atoms with Crippen LogP contribution in [0, 0.1) is 0 Å². The lowest BCUT2D eigenvalue weighted by Crippen LogP contribution is -1.87. The highest BCUT2D eigenvalue weighted by Crippen LogP contribution is 2.19. The van der Waals surface area contributed by atoms with Crippen LogP contribution in [0.5, 0.6) is 5.75 Å². The van der Waals surface area contributed by atoms with Crippen molar-refractivity contribution in [3.63, 3.8) is 0 Å². The van der Waals surface area contributed by atoms with Crippen LogP contribution in [0.25, 0.3) is 0 Å². The largest absolute Gasteiger partial charge is 0.507 e. The smallest absolute Gasteiger partial charge is 0.124 e. The fraction of sp³-hybridized carbons (Fsp3) is 0.300. The van der Waals surface area contributed by atoms with E-state index >= 15 is 0 Å². The van der Waals surface area contributed by atoms with Crippen molar-refractivity contribution in [3.05, 3.63) is 28.2 Å². The van der Waals surface area contributed by atoms with Crippen LogP contribution in [0.3, 0.4) is 0 Å². The summed E-state index contributed by atoms with van der Waals surface area (Å²) in [5.41, 5.74) is 0.635. The molecule has 0 unspecified atom stereocenters. The molecule has 1 N–H and O–H groups in total. The van der Waals surface area contributed by atoms with E-state index < -0.39 is 0 Å². The van der Waals surface area contributed by atoms with Crippen LogP contribution < -0.4 is 0 Å². The molecule has 0 aliphatic heterocycles. The summed E-state index contributed by atoms with van der Waals surface area (Å²) in [6.07, 6.45) is 2.41. The molecule has 76 valence electrons. The molecule has 14 heavy (non-hydrogen) atoms. The number of phenolic OH excluding ortho intramolecular Hbond substituents is 1. The highest BCUT2D eigenvalue weighted by molar-refractivity contribution is 9.10. The first-order valence-electron chi connectivity index (χ1n) is 4.38. The van der Waals surface area contributed by atoms with Crippen molar-refractivity contribution in [3.8, 4) is 5.75 Å². The summed E-state index contributed by atoms with van der Waals surface area (Å²) in [4.78, 5) is 4.92. The Morgan fingerprint density at radius 2 is 2.36 bits per heavy atom. The molecule has 0 spiro atoms. The van der Waals surface area contributed by atoms with Gasteiger partial charge in [0.1, 0.15) is 12.4 Å². The van der Waals surface area contributed by atoms with Crippen LogP contribution in [0.15, 0.2) is 27.8 Å². The van der Waals surface area contributed by atoms with E-state index in [2.05, 4.69) is 21.1 Å². The van der Waals surface area contributed by atoms with Gasteiger partial charge in [0.2, 0.25) is 0 Å². The van der Waals surface area contributed by atoms with Crippen LogP contribution in [0.1, 0.15) is 18.9 Å². The zero-order valence-electron chi connectivity index (χ0n) is 7.90. The second-order valence-electron chi connectivity index (χ2n) is 2.77. The molecule has 0 aromatic heterocycles. The summed E-state index contributed by atoms with van der Waals surface area (Å²) >= 11 is 3.31. The average Bonchev–Trinajstić information content (AvgIpc) is 2.18. The third-order valence-electron chi connectivity index (χ3n) is 1.55. The van der Waals surface area contributed by atoms with E-state index in [0.717, 1.165) is 10.9 Å². The van der Waals surface area contributed by atoms with Gasteiger partial charge < -0.3 is 9.94 Å². The Morgan fingerprint density at radius 3 is 3.07 bits per heavy atom. The maximum atomic E-state index is 9.42. The molecular weight excluding hydrogens is 246 g/mol. The molecule has 1 aromatic rings. The molecule has 0 radical (unpaired) electrons. The Hall–Kier alpha value is -1.03. The highest BCUT2D eigenvalue weighted by Gasteiger charge is 1.98. The van der Waals surface area contributed by atoms with E-state index in [9.17, 15) is 5.11 Å². The molecular formula is C10H12BrNO2. The van der Waals surface area contributed by atoms with E-state index in [1.165, 1.54) is 6.21 Å². The van der Waals surface area contributed by atoms with E-state index in [0.29, 0.717) is 12.2 Å². The molecule has 0 amide bonds. The number of nitrogens with zero attached hydrogens (tertiary/aromatic N) is 1. The van der Waals surface area contributed by atoms with Gasteiger partial charge in [-0.25, -0.2) is 0 Å². The predicted octanol–water partition coefficient (Wildman–Crippen LogP) is 2.92. The molecule has 1 rings (SSSR count).